The molecular weight excluding hydrogens is 432 g/mol. The van der Waals surface area contributed by atoms with Crippen molar-refractivity contribution >= 4 is 11.9 Å². The average Bonchev–Trinajstić information content (AvgIpc) is 3.43. The van der Waals surface area contributed by atoms with E-state index in [2.05, 4.69) is 0 Å². The summed E-state index contributed by atoms with van der Waals surface area (Å²) < 4.78 is 12.2. The monoisotopic (exact) mass is 466 g/mol. The van der Waals surface area contributed by atoms with Crippen LogP contribution in [0.1, 0.15) is 64.9 Å². The van der Waals surface area contributed by atoms with Gasteiger partial charge in [-0.2, -0.15) is 0 Å². The number of hydrogen-bond acceptors (Lipinski definition) is 4. The van der Waals surface area contributed by atoms with Crippen molar-refractivity contribution in [1.82, 2.24) is 0 Å². The molecule has 34 heavy (non-hydrogen) atoms. The van der Waals surface area contributed by atoms with Crippen molar-refractivity contribution in [2.45, 2.75) is 66.2 Å². The molecule has 0 aliphatic carbocycles. The zero-order valence-electron chi connectivity index (χ0n) is 20.4. The Morgan fingerprint density at radius 3 is 1.41 bits per heavy atom. The number of carbonyl (C=O) groups is 2. The van der Waals surface area contributed by atoms with Gasteiger partial charge in [0, 0.05) is 24.0 Å². The largest absolute Gasteiger partial charge is 0.481 e. The second kappa shape index (κ2) is 10.3. The minimum absolute atomic E-state index is 0.577. The van der Waals surface area contributed by atoms with Crippen LogP contribution in [0, 0.1) is 10.8 Å². The Hall–Kier alpha value is -3.28. The van der Waals surface area contributed by atoms with Crippen molar-refractivity contribution in [1.29, 1.82) is 0 Å². The Labute approximate surface area is 200 Å². The SMILES string of the molecule is CC(C)(CCCc1ccc(-c2ccccc2-c2ccc(CCCC(C)(C)C(=O)O)o2)o1)C(=O)O. The number of hydrogen-bond donors (Lipinski definition) is 2. The summed E-state index contributed by atoms with van der Waals surface area (Å²) in [6.07, 6.45) is 3.97. The van der Waals surface area contributed by atoms with Gasteiger partial charge in [-0.05, 0) is 77.6 Å². The van der Waals surface area contributed by atoms with E-state index in [4.69, 9.17) is 8.83 Å². The van der Waals surface area contributed by atoms with Crippen LogP contribution in [-0.2, 0) is 22.4 Å². The molecular formula is C28H34O6. The third-order valence-corrected chi connectivity index (χ3v) is 6.39. The zero-order valence-corrected chi connectivity index (χ0v) is 20.4. The highest BCUT2D eigenvalue weighted by Crippen LogP contribution is 2.35. The van der Waals surface area contributed by atoms with Crippen LogP contribution in [0.3, 0.4) is 0 Å². The molecule has 1 aromatic carbocycles. The maximum Gasteiger partial charge on any atom is 0.309 e. The first kappa shape index (κ1) is 25.3. The third-order valence-electron chi connectivity index (χ3n) is 6.39. The highest BCUT2D eigenvalue weighted by atomic mass is 16.4. The predicted octanol–water partition coefficient (Wildman–Crippen LogP) is 7.07. The molecule has 3 aromatic rings. The summed E-state index contributed by atoms with van der Waals surface area (Å²) >= 11 is 0. The number of benzene rings is 1. The van der Waals surface area contributed by atoms with Gasteiger partial charge in [0.05, 0.1) is 10.8 Å². The smallest absolute Gasteiger partial charge is 0.309 e. The van der Waals surface area contributed by atoms with Crippen LogP contribution in [0.5, 0.6) is 0 Å². The van der Waals surface area contributed by atoms with Crippen molar-refractivity contribution in [3.63, 3.8) is 0 Å². The van der Waals surface area contributed by atoms with E-state index in [1.165, 1.54) is 0 Å². The van der Waals surface area contributed by atoms with Gasteiger partial charge in [0.15, 0.2) is 0 Å². The number of carboxylic acids is 2. The van der Waals surface area contributed by atoms with E-state index < -0.39 is 22.8 Å². The van der Waals surface area contributed by atoms with E-state index in [1.54, 1.807) is 27.7 Å². The summed E-state index contributed by atoms with van der Waals surface area (Å²) in [4.78, 5) is 22.6. The lowest BCUT2D eigenvalue weighted by atomic mass is 9.87. The second-order valence-electron chi connectivity index (χ2n) is 10.2. The van der Waals surface area contributed by atoms with Crippen molar-refractivity contribution in [3.8, 4) is 22.6 Å². The maximum absolute atomic E-state index is 11.3. The van der Waals surface area contributed by atoms with E-state index in [9.17, 15) is 19.8 Å². The Morgan fingerprint density at radius 1 is 0.676 bits per heavy atom. The van der Waals surface area contributed by atoms with Crippen molar-refractivity contribution < 1.29 is 28.6 Å². The van der Waals surface area contributed by atoms with Crippen LogP contribution >= 0.6 is 0 Å². The zero-order chi connectivity index (χ0) is 24.9. The van der Waals surface area contributed by atoms with Crippen LogP contribution in [0.25, 0.3) is 22.6 Å². The van der Waals surface area contributed by atoms with Gasteiger partial charge in [0.2, 0.25) is 0 Å². The highest BCUT2D eigenvalue weighted by Gasteiger charge is 2.27. The molecule has 0 saturated carbocycles. The van der Waals surface area contributed by atoms with Crippen molar-refractivity contribution in [3.05, 3.63) is 60.1 Å². The topological polar surface area (TPSA) is 101 Å². The maximum atomic E-state index is 11.3. The van der Waals surface area contributed by atoms with Gasteiger partial charge in [0.25, 0.3) is 0 Å². The van der Waals surface area contributed by atoms with Gasteiger partial charge < -0.3 is 19.0 Å². The average molecular weight is 467 g/mol. The Balaban J connectivity index is 1.68. The van der Waals surface area contributed by atoms with E-state index >= 15 is 0 Å². The molecule has 3 rings (SSSR count). The Bertz CT molecular complexity index is 1040. The number of rotatable bonds is 12. The predicted molar refractivity (Wildman–Crippen MR) is 131 cm³/mol. The molecule has 0 atom stereocenters. The molecule has 0 amide bonds. The van der Waals surface area contributed by atoms with Gasteiger partial charge in [-0.3, -0.25) is 9.59 Å². The molecule has 0 aliphatic rings. The molecule has 6 heteroatoms. The van der Waals surface area contributed by atoms with Crippen molar-refractivity contribution in [2.75, 3.05) is 0 Å². The molecule has 0 bridgehead atoms. The Kier molecular flexibility index (Phi) is 7.70. The van der Waals surface area contributed by atoms with Crippen LogP contribution in [0.15, 0.2) is 57.4 Å². The molecule has 2 aromatic heterocycles. The number of furan rings is 2. The number of aliphatic carboxylic acids is 2. The molecule has 2 heterocycles. The van der Waals surface area contributed by atoms with E-state index in [0.29, 0.717) is 25.7 Å². The quantitative estimate of drug-likeness (QED) is 0.296. The van der Waals surface area contributed by atoms with Crippen molar-refractivity contribution in [2.24, 2.45) is 10.8 Å². The molecule has 182 valence electrons. The van der Waals surface area contributed by atoms with Crippen LogP contribution in [-0.4, -0.2) is 22.2 Å². The van der Waals surface area contributed by atoms with Crippen LogP contribution in [0.4, 0.5) is 0 Å². The number of carboxylic acid groups (broad SMARTS) is 2. The lowest BCUT2D eigenvalue weighted by Crippen LogP contribution is -2.23. The third kappa shape index (κ3) is 6.19. The fraction of sp³-hybridized carbons (Fsp3) is 0.429. The summed E-state index contributed by atoms with van der Waals surface area (Å²) in [5, 5.41) is 18.6. The lowest BCUT2D eigenvalue weighted by Gasteiger charge is -2.18. The molecule has 0 spiro atoms. The molecule has 6 nitrogen and oxygen atoms in total. The van der Waals surface area contributed by atoms with Gasteiger partial charge in [-0.15, -0.1) is 0 Å². The van der Waals surface area contributed by atoms with Crippen LogP contribution in [0.2, 0.25) is 0 Å². The second-order valence-corrected chi connectivity index (χ2v) is 10.2. The first-order valence-corrected chi connectivity index (χ1v) is 11.7. The molecule has 0 saturated heterocycles. The van der Waals surface area contributed by atoms with E-state index in [-0.39, 0.29) is 0 Å². The minimum atomic E-state index is -0.787. The first-order chi connectivity index (χ1) is 16.0. The van der Waals surface area contributed by atoms with E-state index in [0.717, 1.165) is 47.0 Å². The normalized spacial score (nSPS) is 12.1. The molecule has 0 unspecified atom stereocenters. The first-order valence-electron chi connectivity index (χ1n) is 11.7. The minimum Gasteiger partial charge on any atom is -0.481 e. The Morgan fingerprint density at radius 2 is 1.06 bits per heavy atom. The van der Waals surface area contributed by atoms with Gasteiger partial charge in [-0.25, -0.2) is 0 Å². The lowest BCUT2D eigenvalue weighted by molar-refractivity contribution is -0.148. The van der Waals surface area contributed by atoms with Crippen LogP contribution < -0.4 is 0 Å². The van der Waals surface area contributed by atoms with Gasteiger partial charge >= 0.3 is 11.9 Å². The summed E-state index contributed by atoms with van der Waals surface area (Å²) in [5.74, 6) is 1.56. The summed E-state index contributed by atoms with van der Waals surface area (Å²) in [5.41, 5.74) is 0.352. The molecule has 0 fully saturated rings. The number of aryl methyl sites for hydroxylation is 2. The molecule has 0 radical (unpaired) electrons. The van der Waals surface area contributed by atoms with E-state index in [1.807, 2.05) is 48.5 Å². The molecule has 2 N–H and O–H groups in total. The highest BCUT2D eigenvalue weighted by molar-refractivity contribution is 5.79. The fourth-order valence-corrected chi connectivity index (χ4v) is 3.85. The summed E-state index contributed by atoms with van der Waals surface area (Å²) in [6.45, 7) is 6.96. The van der Waals surface area contributed by atoms with Gasteiger partial charge in [-0.1, -0.05) is 24.3 Å². The summed E-state index contributed by atoms with van der Waals surface area (Å²) in [7, 11) is 0. The molecule has 0 aliphatic heterocycles. The fourth-order valence-electron chi connectivity index (χ4n) is 3.85. The standard InChI is InChI=1S/C28H34O6/c1-27(2,25(29)30)17-7-9-19-13-15-23(33-19)21-11-5-6-12-22(21)24-16-14-20(34-24)10-8-18-28(3,4)26(31)32/h5-6,11-16H,7-10,17-18H2,1-4H3,(H,29,30)(H,31,32). The summed E-state index contributed by atoms with van der Waals surface area (Å²) in [6, 6.07) is 15.6. The van der Waals surface area contributed by atoms with Gasteiger partial charge in [0.1, 0.15) is 23.0 Å².